The fourth-order valence-corrected chi connectivity index (χ4v) is 3.53. The van der Waals surface area contributed by atoms with Gasteiger partial charge in [-0.1, -0.05) is 17.8 Å². The van der Waals surface area contributed by atoms with Crippen molar-refractivity contribution in [3.63, 3.8) is 0 Å². The fraction of sp³-hybridized carbons (Fsp3) is 0.667. The maximum absolute atomic E-state index is 11.6. The van der Waals surface area contributed by atoms with Crippen LogP contribution in [0.25, 0.3) is 0 Å². The Morgan fingerprint density at radius 2 is 2.38 bits per heavy atom. The van der Waals surface area contributed by atoms with E-state index in [2.05, 4.69) is 15.5 Å². The van der Waals surface area contributed by atoms with Crippen molar-refractivity contribution in [1.82, 2.24) is 15.5 Å². The van der Waals surface area contributed by atoms with Crippen molar-refractivity contribution in [3.05, 3.63) is 9.47 Å². The SMILES string of the molecule is O=C(NCC1CCCCS1)c1nnc(Cl)s1. The number of nitrogens with one attached hydrogen (secondary N) is 1. The molecular weight excluding hydrogens is 266 g/mol. The standard InChI is InChI=1S/C9H12ClN3OS2/c10-9-13-12-8(16-9)7(14)11-5-6-3-1-2-4-15-6/h6H,1-5H2,(H,11,14). The first-order valence-electron chi connectivity index (χ1n) is 5.14. The fourth-order valence-electron chi connectivity index (χ4n) is 1.55. The predicted molar refractivity (Wildman–Crippen MR) is 67.3 cm³/mol. The molecule has 0 spiro atoms. The second kappa shape index (κ2) is 5.84. The Bertz CT molecular complexity index is 365. The van der Waals surface area contributed by atoms with Crippen LogP contribution in [0.5, 0.6) is 0 Å². The predicted octanol–water partition coefficient (Wildman–Crippen LogP) is 2.21. The molecule has 0 bridgehead atoms. The lowest BCUT2D eigenvalue weighted by Gasteiger charge is -2.20. The Kier molecular flexibility index (Phi) is 4.43. The summed E-state index contributed by atoms with van der Waals surface area (Å²) in [5.74, 6) is 1.03. The minimum absolute atomic E-state index is 0.171. The first-order valence-corrected chi connectivity index (χ1v) is 7.39. The van der Waals surface area contributed by atoms with Gasteiger partial charge in [-0.25, -0.2) is 0 Å². The molecule has 0 saturated carbocycles. The van der Waals surface area contributed by atoms with E-state index in [9.17, 15) is 4.79 Å². The molecule has 88 valence electrons. The summed E-state index contributed by atoms with van der Waals surface area (Å²) in [5, 5.41) is 11.1. The van der Waals surface area contributed by atoms with E-state index in [0.29, 0.717) is 21.3 Å². The largest absolute Gasteiger partial charge is 0.349 e. The maximum atomic E-state index is 11.6. The zero-order valence-electron chi connectivity index (χ0n) is 8.61. The summed E-state index contributed by atoms with van der Waals surface area (Å²) in [4.78, 5) is 11.6. The number of amides is 1. The molecule has 1 N–H and O–H groups in total. The molecule has 1 aromatic heterocycles. The van der Waals surface area contributed by atoms with Gasteiger partial charge in [0, 0.05) is 11.8 Å². The van der Waals surface area contributed by atoms with Crippen molar-refractivity contribution in [2.24, 2.45) is 0 Å². The quantitative estimate of drug-likeness (QED) is 0.920. The van der Waals surface area contributed by atoms with Gasteiger partial charge < -0.3 is 5.32 Å². The molecule has 4 nitrogen and oxygen atoms in total. The van der Waals surface area contributed by atoms with Crippen LogP contribution in [0.2, 0.25) is 4.47 Å². The van der Waals surface area contributed by atoms with E-state index in [0.717, 1.165) is 11.3 Å². The zero-order valence-corrected chi connectivity index (χ0v) is 11.0. The normalized spacial score (nSPS) is 20.7. The first-order chi connectivity index (χ1) is 7.75. The molecular formula is C9H12ClN3OS2. The summed E-state index contributed by atoms with van der Waals surface area (Å²) in [6, 6.07) is 0. The summed E-state index contributed by atoms with van der Waals surface area (Å²) in [7, 11) is 0. The Labute approximate surface area is 107 Å². The van der Waals surface area contributed by atoms with Gasteiger partial charge in [0.05, 0.1) is 0 Å². The van der Waals surface area contributed by atoms with Crippen molar-refractivity contribution in [1.29, 1.82) is 0 Å². The monoisotopic (exact) mass is 277 g/mol. The van der Waals surface area contributed by atoms with E-state index in [4.69, 9.17) is 11.6 Å². The average molecular weight is 278 g/mol. The highest BCUT2D eigenvalue weighted by Crippen LogP contribution is 2.24. The molecule has 1 aromatic rings. The first kappa shape index (κ1) is 12.1. The Hall–Kier alpha value is -0.330. The second-order valence-corrected chi connectivity index (χ2v) is 6.53. The second-order valence-electron chi connectivity index (χ2n) is 3.56. The smallest absolute Gasteiger partial charge is 0.282 e. The molecule has 2 rings (SSSR count). The van der Waals surface area contributed by atoms with E-state index in [-0.39, 0.29) is 5.91 Å². The van der Waals surface area contributed by atoms with E-state index in [1.54, 1.807) is 0 Å². The molecule has 1 fully saturated rings. The number of aromatic nitrogens is 2. The summed E-state index contributed by atoms with van der Waals surface area (Å²) < 4.78 is 0.303. The Balaban J connectivity index is 1.79. The van der Waals surface area contributed by atoms with Crippen LogP contribution in [-0.2, 0) is 0 Å². The highest BCUT2D eigenvalue weighted by atomic mass is 35.5. The number of hydrogen-bond donors (Lipinski definition) is 1. The van der Waals surface area contributed by atoms with Gasteiger partial charge in [0.25, 0.3) is 5.91 Å². The Morgan fingerprint density at radius 1 is 1.50 bits per heavy atom. The summed E-state index contributed by atoms with van der Waals surface area (Å²) in [6.45, 7) is 0.709. The number of thioether (sulfide) groups is 1. The van der Waals surface area contributed by atoms with Gasteiger partial charge in [-0.05, 0) is 30.2 Å². The average Bonchev–Trinajstić information content (AvgIpc) is 2.74. The van der Waals surface area contributed by atoms with Crippen molar-refractivity contribution < 1.29 is 4.79 Å². The molecule has 1 unspecified atom stereocenters. The molecule has 0 radical (unpaired) electrons. The minimum atomic E-state index is -0.171. The Morgan fingerprint density at radius 3 is 3.00 bits per heavy atom. The third-order valence-corrected chi connectivity index (χ3v) is 4.77. The molecule has 2 heterocycles. The van der Waals surface area contributed by atoms with Crippen LogP contribution >= 0.6 is 34.7 Å². The topological polar surface area (TPSA) is 54.9 Å². The van der Waals surface area contributed by atoms with Crippen molar-refractivity contribution >= 4 is 40.6 Å². The van der Waals surface area contributed by atoms with Crippen LogP contribution in [0, 0.1) is 0 Å². The lowest BCUT2D eigenvalue weighted by molar-refractivity contribution is 0.0952. The van der Waals surface area contributed by atoms with Crippen molar-refractivity contribution in [2.45, 2.75) is 24.5 Å². The number of rotatable bonds is 3. The molecule has 16 heavy (non-hydrogen) atoms. The summed E-state index contributed by atoms with van der Waals surface area (Å²) in [6.07, 6.45) is 3.74. The van der Waals surface area contributed by atoms with Crippen molar-refractivity contribution in [3.8, 4) is 0 Å². The minimum Gasteiger partial charge on any atom is -0.349 e. The number of hydrogen-bond acceptors (Lipinski definition) is 5. The van der Waals surface area contributed by atoms with Gasteiger partial charge >= 0.3 is 0 Å². The van der Waals surface area contributed by atoms with Gasteiger partial charge in [0.2, 0.25) is 9.47 Å². The molecule has 1 atom stereocenters. The van der Waals surface area contributed by atoms with Gasteiger partial charge in [-0.15, -0.1) is 10.2 Å². The third kappa shape index (κ3) is 3.33. The van der Waals surface area contributed by atoms with Gasteiger partial charge in [-0.2, -0.15) is 11.8 Å². The molecule has 0 aliphatic carbocycles. The zero-order chi connectivity index (χ0) is 11.4. The summed E-state index contributed by atoms with van der Waals surface area (Å²) >= 11 is 8.65. The van der Waals surface area contributed by atoms with E-state index in [1.165, 1.54) is 25.0 Å². The van der Waals surface area contributed by atoms with Crippen LogP contribution in [0.15, 0.2) is 0 Å². The number of carbonyl (C=O) groups is 1. The lowest BCUT2D eigenvalue weighted by atomic mass is 10.2. The maximum Gasteiger partial charge on any atom is 0.282 e. The third-order valence-electron chi connectivity index (χ3n) is 2.36. The molecule has 1 aliphatic heterocycles. The highest BCUT2D eigenvalue weighted by Gasteiger charge is 2.17. The van der Waals surface area contributed by atoms with E-state index in [1.807, 2.05) is 11.8 Å². The van der Waals surface area contributed by atoms with Gasteiger partial charge in [-0.3, -0.25) is 4.79 Å². The van der Waals surface area contributed by atoms with Crippen LogP contribution in [0.4, 0.5) is 0 Å². The molecule has 1 amide bonds. The molecule has 1 aliphatic rings. The summed E-state index contributed by atoms with van der Waals surface area (Å²) in [5.41, 5.74) is 0. The van der Waals surface area contributed by atoms with Gasteiger partial charge in [0.15, 0.2) is 0 Å². The van der Waals surface area contributed by atoms with Crippen LogP contribution in [-0.4, -0.2) is 33.7 Å². The molecule has 1 saturated heterocycles. The highest BCUT2D eigenvalue weighted by molar-refractivity contribution is 7.99. The lowest BCUT2D eigenvalue weighted by Crippen LogP contribution is -2.31. The number of halogens is 1. The van der Waals surface area contributed by atoms with Crippen LogP contribution < -0.4 is 5.32 Å². The van der Waals surface area contributed by atoms with Crippen LogP contribution in [0.3, 0.4) is 0 Å². The number of carbonyl (C=O) groups excluding carboxylic acids is 1. The number of nitrogens with zero attached hydrogens (tertiary/aromatic N) is 2. The van der Waals surface area contributed by atoms with Crippen molar-refractivity contribution in [2.75, 3.05) is 12.3 Å². The van der Waals surface area contributed by atoms with E-state index < -0.39 is 0 Å². The molecule has 0 aromatic carbocycles. The van der Waals surface area contributed by atoms with E-state index >= 15 is 0 Å². The molecule has 7 heteroatoms. The van der Waals surface area contributed by atoms with Crippen LogP contribution in [0.1, 0.15) is 29.1 Å². The van der Waals surface area contributed by atoms with Gasteiger partial charge in [0.1, 0.15) is 0 Å².